The second-order valence-corrected chi connectivity index (χ2v) is 7.09. The van der Waals surface area contributed by atoms with Gasteiger partial charge >= 0.3 is 0 Å². The average Bonchev–Trinajstić information content (AvgIpc) is 3.20. The van der Waals surface area contributed by atoms with E-state index in [2.05, 4.69) is 15.4 Å². The normalized spacial score (nSPS) is 10.6. The molecule has 3 aromatic carbocycles. The molecule has 6 nitrogen and oxygen atoms in total. The Balaban J connectivity index is 1.74. The largest absolute Gasteiger partial charge is 0.497 e. The Morgan fingerprint density at radius 1 is 1.03 bits per heavy atom. The monoisotopic (exact) mass is 418 g/mol. The van der Waals surface area contributed by atoms with Gasteiger partial charge in [-0.05, 0) is 55.0 Å². The topological polar surface area (TPSA) is 69.0 Å². The molecule has 0 radical (unpaired) electrons. The first-order valence-electron chi connectivity index (χ1n) is 9.29. The Morgan fingerprint density at radius 2 is 1.80 bits per heavy atom. The Morgan fingerprint density at radius 3 is 2.50 bits per heavy atom. The first-order chi connectivity index (χ1) is 14.5. The van der Waals surface area contributed by atoms with Crippen LogP contribution in [0.2, 0.25) is 5.02 Å². The molecule has 30 heavy (non-hydrogen) atoms. The fourth-order valence-electron chi connectivity index (χ4n) is 3.05. The number of nitrogens with one attached hydrogen (secondary N) is 1. The highest BCUT2D eigenvalue weighted by molar-refractivity contribution is 6.30. The number of nitrogens with zero attached hydrogens (tertiary/aromatic N) is 3. The number of rotatable bonds is 5. The van der Waals surface area contributed by atoms with E-state index in [1.165, 1.54) is 0 Å². The van der Waals surface area contributed by atoms with Crippen LogP contribution in [0.4, 0.5) is 5.69 Å². The van der Waals surface area contributed by atoms with Gasteiger partial charge in [-0.15, -0.1) is 5.10 Å². The third-order valence-corrected chi connectivity index (χ3v) is 4.82. The molecule has 0 aliphatic carbocycles. The minimum absolute atomic E-state index is 0.0593. The van der Waals surface area contributed by atoms with E-state index in [0.717, 1.165) is 16.8 Å². The van der Waals surface area contributed by atoms with Gasteiger partial charge in [0.1, 0.15) is 5.75 Å². The Labute approximate surface area is 179 Å². The predicted molar refractivity (Wildman–Crippen MR) is 117 cm³/mol. The van der Waals surface area contributed by atoms with Gasteiger partial charge in [0.05, 0.1) is 12.8 Å². The summed E-state index contributed by atoms with van der Waals surface area (Å²) >= 11 is 6.18. The van der Waals surface area contributed by atoms with E-state index in [1.54, 1.807) is 48.2 Å². The molecular formula is C23H19ClN4O2. The molecule has 7 heteroatoms. The number of carbonyl (C=O) groups excluding carboxylic acids is 1. The maximum atomic E-state index is 12.8. The molecule has 0 atom stereocenters. The molecule has 4 aromatic rings. The summed E-state index contributed by atoms with van der Waals surface area (Å²) in [5.74, 6) is 0.893. The van der Waals surface area contributed by atoms with Crippen LogP contribution in [-0.4, -0.2) is 27.8 Å². The number of halogens is 1. The van der Waals surface area contributed by atoms with Crippen molar-refractivity contribution in [3.05, 3.63) is 89.2 Å². The summed E-state index contributed by atoms with van der Waals surface area (Å²) < 4.78 is 6.82. The van der Waals surface area contributed by atoms with Crippen molar-refractivity contribution in [3.63, 3.8) is 0 Å². The highest BCUT2D eigenvalue weighted by Crippen LogP contribution is 2.25. The minimum atomic E-state index is -0.407. The zero-order valence-electron chi connectivity index (χ0n) is 16.5. The second-order valence-electron chi connectivity index (χ2n) is 6.65. The lowest BCUT2D eigenvalue weighted by molar-refractivity contribution is 0.101. The Kier molecular flexibility index (Phi) is 5.50. The summed E-state index contributed by atoms with van der Waals surface area (Å²) in [7, 11) is 1.59. The first kappa shape index (κ1) is 19.7. The van der Waals surface area contributed by atoms with Gasteiger partial charge in [0.2, 0.25) is 5.82 Å². The fraction of sp³-hybridized carbons (Fsp3) is 0.0870. The summed E-state index contributed by atoms with van der Waals surface area (Å²) in [6, 6.07) is 22.1. The molecule has 1 aromatic heterocycles. The van der Waals surface area contributed by atoms with Crippen LogP contribution in [0.15, 0.2) is 72.8 Å². The smallest absolute Gasteiger partial charge is 0.295 e. The van der Waals surface area contributed by atoms with Gasteiger partial charge in [-0.25, -0.2) is 9.67 Å². The van der Waals surface area contributed by atoms with Gasteiger partial charge in [0, 0.05) is 16.3 Å². The number of ether oxygens (including phenoxy) is 1. The third kappa shape index (κ3) is 4.04. The van der Waals surface area contributed by atoms with Crippen LogP contribution < -0.4 is 10.1 Å². The highest BCUT2D eigenvalue weighted by Gasteiger charge is 2.20. The molecule has 4 rings (SSSR count). The van der Waals surface area contributed by atoms with Crippen molar-refractivity contribution >= 4 is 23.2 Å². The molecule has 150 valence electrons. The minimum Gasteiger partial charge on any atom is -0.497 e. The third-order valence-electron chi connectivity index (χ3n) is 4.58. The molecule has 0 saturated carbocycles. The SMILES string of the molecule is COc1ccc(NC(=O)c2nc(-c3cccc(Cl)c3)n(-c3ccccc3C)n2)cc1. The van der Waals surface area contributed by atoms with Crippen LogP contribution in [0, 0.1) is 6.92 Å². The van der Waals surface area contributed by atoms with Crippen molar-refractivity contribution in [2.24, 2.45) is 0 Å². The standard InChI is InChI=1S/C23H19ClN4O2/c1-15-6-3-4-9-20(15)28-22(16-7-5-8-17(24)14-16)26-21(27-28)23(29)25-18-10-12-19(30-2)13-11-18/h3-14H,1-2H3,(H,25,29). The summed E-state index contributed by atoms with van der Waals surface area (Å²) in [6.45, 7) is 1.98. The van der Waals surface area contributed by atoms with E-state index in [4.69, 9.17) is 16.3 Å². The number of aromatic nitrogens is 3. The summed E-state index contributed by atoms with van der Waals surface area (Å²) in [6.07, 6.45) is 0. The van der Waals surface area contributed by atoms with Gasteiger partial charge in [0.15, 0.2) is 5.82 Å². The lowest BCUT2D eigenvalue weighted by Gasteiger charge is -2.08. The molecule has 0 aliphatic heterocycles. The van der Waals surface area contributed by atoms with Gasteiger partial charge in [-0.2, -0.15) is 0 Å². The molecule has 0 fully saturated rings. The van der Waals surface area contributed by atoms with Gasteiger partial charge < -0.3 is 10.1 Å². The molecular weight excluding hydrogens is 400 g/mol. The number of anilines is 1. The molecule has 1 amide bonds. The number of carbonyl (C=O) groups is 1. The number of amides is 1. The van der Waals surface area contributed by atoms with E-state index in [-0.39, 0.29) is 5.82 Å². The number of benzene rings is 3. The Bertz CT molecular complexity index is 1200. The lowest BCUT2D eigenvalue weighted by atomic mass is 10.2. The molecule has 1 heterocycles. The number of para-hydroxylation sites is 1. The molecule has 0 saturated heterocycles. The maximum absolute atomic E-state index is 12.8. The van der Waals surface area contributed by atoms with Crippen LogP contribution in [-0.2, 0) is 0 Å². The number of hydrogen-bond acceptors (Lipinski definition) is 4. The zero-order chi connectivity index (χ0) is 21.1. The van der Waals surface area contributed by atoms with E-state index in [1.807, 2.05) is 43.3 Å². The van der Waals surface area contributed by atoms with Crippen molar-refractivity contribution in [2.45, 2.75) is 6.92 Å². The first-order valence-corrected chi connectivity index (χ1v) is 9.67. The lowest BCUT2D eigenvalue weighted by Crippen LogP contribution is -2.14. The number of hydrogen-bond donors (Lipinski definition) is 1. The fourth-order valence-corrected chi connectivity index (χ4v) is 3.24. The van der Waals surface area contributed by atoms with Crippen LogP contribution in [0.3, 0.4) is 0 Å². The Hall–Kier alpha value is -3.64. The summed E-state index contributed by atoms with van der Waals surface area (Å²) in [5, 5.41) is 7.90. The van der Waals surface area contributed by atoms with Crippen LogP contribution in [0.25, 0.3) is 17.1 Å². The molecule has 0 spiro atoms. The summed E-state index contributed by atoms with van der Waals surface area (Å²) in [5.41, 5.74) is 3.23. The van der Waals surface area contributed by atoms with E-state index in [0.29, 0.717) is 22.3 Å². The van der Waals surface area contributed by atoms with Crippen LogP contribution in [0.5, 0.6) is 5.75 Å². The molecule has 0 unspecified atom stereocenters. The second kappa shape index (κ2) is 8.39. The van der Waals surface area contributed by atoms with Crippen LogP contribution >= 0.6 is 11.6 Å². The van der Waals surface area contributed by atoms with Gasteiger partial charge in [-0.3, -0.25) is 4.79 Å². The number of methoxy groups -OCH3 is 1. The maximum Gasteiger partial charge on any atom is 0.295 e. The highest BCUT2D eigenvalue weighted by atomic mass is 35.5. The van der Waals surface area contributed by atoms with Crippen molar-refractivity contribution < 1.29 is 9.53 Å². The molecule has 1 N–H and O–H groups in total. The van der Waals surface area contributed by atoms with Gasteiger partial charge in [0.25, 0.3) is 5.91 Å². The summed E-state index contributed by atoms with van der Waals surface area (Å²) in [4.78, 5) is 17.4. The van der Waals surface area contributed by atoms with Crippen molar-refractivity contribution in [3.8, 4) is 22.8 Å². The van der Waals surface area contributed by atoms with Crippen molar-refractivity contribution in [1.82, 2.24) is 14.8 Å². The van der Waals surface area contributed by atoms with Crippen LogP contribution in [0.1, 0.15) is 16.2 Å². The quantitative estimate of drug-likeness (QED) is 0.486. The van der Waals surface area contributed by atoms with E-state index < -0.39 is 5.91 Å². The van der Waals surface area contributed by atoms with Crippen molar-refractivity contribution in [2.75, 3.05) is 12.4 Å². The predicted octanol–water partition coefficient (Wildman–Crippen LogP) is 5.16. The van der Waals surface area contributed by atoms with E-state index in [9.17, 15) is 4.79 Å². The van der Waals surface area contributed by atoms with Crippen molar-refractivity contribution in [1.29, 1.82) is 0 Å². The van der Waals surface area contributed by atoms with E-state index >= 15 is 0 Å². The average molecular weight is 419 g/mol. The molecule has 0 aliphatic rings. The molecule has 0 bridgehead atoms. The number of aryl methyl sites for hydroxylation is 1. The zero-order valence-corrected chi connectivity index (χ0v) is 17.2. The van der Waals surface area contributed by atoms with Gasteiger partial charge in [-0.1, -0.05) is 41.9 Å².